The fraction of sp³-hybridized carbons (Fsp3) is 0.0625. The molecule has 21 heavy (non-hydrogen) atoms. The molecule has 0 saturated carbocycles. The van der Waals surface area contributed by atoms with Gasteiger partial charge in [0.1, 0.15) is 0 Å². The van der Waals surface area contributed by atoms with E-state index in [1.165, 1.54) is 17.8 Å². The molecule has 0 saturated heterocycles. The van der Waals surface area contributed by atoms with E-state index >= 15 is 0 Å². The second-order valence-corrected chi connectivity index (χ2v) is 5.82. The third-order valence-electron chi connectivity index (χ3n) is 3.30. The van der Waals surface area contributed by atoms with Gasteiger partial charge in [-0.1, -0.05) is 36.0 Å². The molecule has 5 heteroatoms. The maximum Gasteiger partial charge on any atom is 0.272 e. The number of hydrogen-bond acceptors (Lipinski definition) is 4. The Hall–Kier alpha value is -2.40. The first kappa shape index (κ1) is 13.6. The standard InChI is InChI=1S/C16H11NO3S/c1-10-6-7-11(8-13(10)17(19)20)9-15-16(18)12-4-2-3-5-14(12)21-15/h2-9H,1H3. The molecule has 0 N–H and O–H groups in total. The summed E-state index contributed by atoms with van der Waals surface area (Å²) in [5.74, 6) is -0.0289. The number of aryl methyl sites for hydroxylation is 1. The molecule has 104 valence electrons. The number of nitro groups is 1. The van der Waals surface area contributed by atoms with Crippen molar-refractivity contribution in [2.75, 3.05) is 0 Å². The van der Waals surface area contributed by atoms with Gasteiger partial charge in [0.2, 0.25) is 5.78 Å². The Labute approximate surface area is 125 Å². The van der Waals surface area contributed by atoms with Gasteiger partial charge in [-0.05, 0) is 30.7 Å². The van der Waals surface area contributed by atoms with Gasteiger partial charge in [0.15, 0.2) is 0 Å². The van der Waals surface area contributed by atoms with Crippen LogP contribution in [-0.4, -0.2) is 10.7 Å². The first-order valence-corrected chi connectivity index (χ1v) is 7.16. The summed E-state index contributed by atoms with van der Waals surface area (Å²) in [5.41, 5.74) is 2.03. The molecule has 0 spiro atoms. The minimum absolute atomic E-state index is 0.0289. The number of carbonyl (C=O) groups excluding carboxylic acids is 1. The number of hydrogen-bond donors (Lipinski definition) is 0. The van der Waals surface area contributed by atoms with Gasteiger partial charge in [0, 0.05) is 22.1 Å². The maximum absolute atomic E-state index is 12.3. The summed E-state index contributed by atoms with van der Waals surface area (Å²) in [5, 5.41) is 11.0. The fourth-order valence-corrected chi connectivity index (χ4v) is 3.25. The number of Topliss-reactive ketones (excluding diaryl/α,β-unsaturated/α-hetero) is 1. The summed E-state index contributed by atoms with van der Waals surface area (Å²) in [7, 11) is 0. The van der Waals surface area contributed by atoms with E-state index in [1.807, 2.05) is 18.2 Å². The summed E-state index contributed by atoms with van der Waals surface area (Å²) < 4.78 is 0. The Balaban J connectivity index is 2.00. The average Bonchev–Trinajstić information content (AvgIpc) is 2.78. The smallest absolute Gasteiger partial charge is 0.272 e. The molecule has 0 atom stereocenters. The van der Waals surface area contributed by atoms with Crippen molar-refractivity contribution >= 4 is 29.3 Å². The average molecular weight is 297 g/mol. The number of carbonyl (C=O) groups is 1. The van der Waals surface area contributed by atoms with E-state index in [4.69, 9.17) is 0 Å². The van der Waals surface area contributed by atoms with E-state index in [-0.39, 0.29) is 11.5 Å². The Kier molecular flexibility index (Phi) is 3.35. The number of allylic oxidation sites excluding steroid dienone is 1. The molecule has 1 aliphatic heterocycles. The first-order valence-electron chi connectivity index (χ1n) is 6.34. The summed E-state index contributed by atoms with van der Waals surface area (Å²) in [6.45, 7) is 1.69. The van der Waals surface area contributed by atoms with Crippen molar-refractivity contribution in [3.8, 4) is 0 Å². The second kappa shape index (κ2) is 5.18. The van der Waals surface area contributed by atoms with Crippen LogP contribution in [0.2, 0.25) is 0 Å². The van der Waals surface area contributed by atoms with Crippen LogP contribution in [0.3, 0.4) is 0 Å². The molecule has 0 unspecified atom stereocenters. The van der Waals surface area contributed by atoms with Crippen molar-refractivity contribution in [1.29, 1.82) is 0 Å². The summed E-state index contributed by atoms with van der Waals surface area (Å²) in [6, 6.07) is 12.4. The summed E-state index contributed by atoms with van der Waals surface area (Å²) in [6.07, 6.45) is 1.71. The van der Waals surface area contributed by atoms with Gasteiger partial charge in [0.25, 0.3) is 5.69 Å². The van der Waals surface area contributed by atoms with Gasteiger partial charge in [-0.15, -0.1) is 0 Å². The van der Waals surface area contributed by atoms with E-state index in [0.717, 1.165) is 4.90 Å². The van der Waals surface area contributed by atoms with Gasteiger partial charge >= 0.3 is 0 Å². The van der Waals surface area contributed by atoms with Gasteiger partial charge < -0.3 is 0 Å². The number of benzene rings is 2. The zero-order valence-electron chi connectivity index (χ0n) is 11.2. The van der Waals surface area contributed by atoms with Gasteiger partial charge in [-0.2, -0.15) is 0 Å². The lowest BCUT2D eigenvalue weighted by molar-refractivity contribution is -0.385. The van der Waals surface area contributed by atoms with Crippen LogP contribution in [0.4, 0.5) is 5.69 Å². The minimum atomic E-state index is -0.407. The highest BCUT2D eigenvalue weighted by molar-refractivity contribution is 8.04. The lowest BCUT2D eigenvalue weighted by Gasteiger charge is -2.00. The number of nitrogens with zero attached hydrogens (tertiary/aromatic N) is 1. The molecule has 0 fully saturated rings. The molecule has 3 rings (SSSR count). The van der Waals surface area contributed by atoms with E-state index in [9.17, 15) is 14.9 Å². The molecule has 0 bridgehead atoms. The predicted molar refractivity (Wildman–Crippen MR) is 82.4 cm³/mol. The molecule has 0 radical (unpaired) electrons. The third kappa shape index (κ3) is 2.48. The topological polar surface area (TPSA) is 60.2 Å². The normalized spacial score (nSPS) is 15.3. The quantitative estimate of drug-likeness (QED) is 0.473. The molecule has 0 aromatic heterocycles. The summed E-state index contributed by atoms with van der Waals surface area (Å²) in [4.78, 5) is 24.3. The molecule has 1 aliphatic rings. The van der Waals surface area contributed by atoms with Crippen LogP contribution in [-0.2, 0) is 0 Å². The van der Waals surface area contributed by atoms with E-state index in [2.05, 4.69) is 0 Å². The number of nitro benzene ring substituents is 1. The molecule has 0 amide bonds. The monoisotopic (exact) mass is 297 g/mol. The van der Waals surface area contributed by atoms with Crippen LogP contribution >= 0.6 is 11.8 Å². The van der Waals surface area contributed by atoms with Gasteiger partial charge in [0.05, 0.1) is 9.83 Å². The van der Waals surface area contributed by atoms with Crippen molar-refractivity contribution in [1.82, 2.24) is 0 Å². The van der Waals surface area contributed by atoms with Crippen LogP contribution in [0.25, 0.3) is 6.08 Å². The zero-order valence-corrected chi connectivity index (χ0v) is 12.0. The SMILES string of the molecule is Cc1ccc(C=C2Sc3ccccc3C2=O)cc1[N+](=O)[O-]. The van der Waals surface area contributed by atoms with Crippen LogP contribution in [0.1, 0.15) is 21.5 Å². The summed E-state index contributed by atoms with van der Waals surface area (Å²) >= 11 is 1.40. The van der Waals surface area contributed by atoms with E-state index < -0.39 is 4.92 Å². The van der Waals surface area contributed by atoms with E-state index in [0.29, 0.717) is 21.6 Å². The lowest BCUT2D eigenvalue weighted by Crippen LogP contribution is -1.95. The zero-order chi connectivity index (χ0) is 15.0. The van der Waals surface area contributed by atoms with Crippen molar-refractivity contribution < 1.29 is 9.72 Å². The van der Waals surface area contributed by atoms with Crippen molar-refractivity contribution in [3.63, 3.8) is 0 Å². The molecule has 2 aromatic rings. The highest BCUT2D eigenvalue weighted by Gasteiger charge is 2.25. The fourth-order valence-electron chi connectivity index (χ4n) is 2.20. The third-order valence-corrected chi connectivity index (χ3v) is 4.40. The number of fused-ring (bicyclic) bond motifs is 1. The Morgan fingerprint density at radius 1 is 1.19 bits per heavy atom. The Bertz CT molecular complexity index is 796. The predicted octanol–water partition coefficient (Wildman–Crippen LogP) is 4.23. The molecule has 0 aliphatic carbocycles. The molecule has 2 aromatic carbocycles. The maximum atomic E-state index is 12.3. The lowest BCUT2D eigenvalue weighted by atomic mass is 10.1. The Morgan fingerprint density at radius 3 is 2.67 bits per heavy atom. The number of rotatable bonds is 2. The van der Waals surface area contributed by atoms with Crippen molar-refractivity contribution in [2.24, 2.45) is 0 Å². The minimum Gasteiger partial charge on any atom is -0.288 e. The van der Waals surface area contributed by atoms with Crippen LogP contribution < -0.4 is 0 Å². The molecular weight excluding hydrogens is 286 g/mol. The van der Waals surface area contributed by atoms with Crippen LogP contribution in [0, 0.1) is 17.0 Å². The first-order chi connectivity index (χ1) is 10.1. The van der Waals surface area contributed by atoms with Gasteiger partial charge in [-0.3, -0.25) is 14.9 Å². The second-order valence-electron chi connectivity index (χ2n) is 4.74. The van der Waals surface area contributed by atoms with Crippen LogP contribution in [0.5, 0.6) is 0 Å². The highest BCUT2D eigenvalue weighted by atomic mass is 32.2. The highest BCUT2D eigenvalue weighted by Crippen LogP contribution is 2.40. The number of thioether (sulfide) groups is 1. The molecular formula is C16H11NO3S. The molecule has 1 heterocycles. The van der Waals surface area contributed by atoms with Gasteiger partial charge in [-0.25, -0.2) is 0 Å². The Morgan fingerprint density at radius 2 is 1.95 bits per heavy atom. The van der Waals surface area contributed by atoms with E-state index in [1.54, 1.807) is 31.2 Å². The van der Waals surface area contributed by atoms with Crippen LogP contribution in [0.15, 0.2) is 52.3 Å². The molecule has 4 nitrogen and oxygen atoms in total. The van der Waals surface area contributed by atoms with Crippen molar-refractivity contribution in [3.05, 3.63) is 74.2 Å². The largest absolute Gasteiger partial charge is 0.288 e. The number of ketones is 1. The van der Waals surface area contributed by atoms with Crippen molar-refractivity contribution in [2.45, 2.75) is 11.8 Å².